The first-order valence-corrected chi connectivity index (χ1v) is 5.74. The molecule has 0 aliphatic rings. The van der Waals surface area contributed by atoms with E-state index < -0.39 is 0 Å². The Morgan fingerprint density at radius 1 is 1.12 bits per heavy atom. The lowest BCUT2D eigenvalue weighted by molar-refractivity contribution is 0.158. The Kier molecular flexibility index (Phi) is 6.25. The van der Waals surface area contributed by atoms with Crippen molar-refractivity contribution >= 4 is 11.6 Å². The van der Waals surface area contributed by atoms with E-state index in [-0.39, 0.29) is 0 Å². The number of hydrogen-bond acceptors (Lipinski definition) is 5. The third kappa shape index (κ3) is 4.93. The maximum Gasteiger partial charge on any atom is 0.147 e. The molecule has 0 saturated carbocycles. The van der Waals surface area contributed by atoms with Gasteiger partial charge in [-0.2, -0.15) is 0 Å². The monoisotopic (exact) mass is 224 g/mol. The van der Waals surface area contributed by atoms with Crippen molar-refractivity contribution in [2.75, 3.05) is 36.9 Å². The molecular formula is C11H20N4O. The third-order valence-corrected chi connectivity index (χ3v) is 1.95. The molecule has 0 fully saturated rings. The van der Waals surface area contributed by atoms with Gasteiger partial charge in [-0.05, 0) is 13.3 Å². The summed E-state index contributed by atoms with van der Waals surface area (Å²) in [6.45, 7) is 7.19. The minimum atomic E-state index is 0.685. The summed E-state index contributed by atoms with van der Waals surface area (Å²) in [6.07, 6.45) is 4.51. The smallest absolute Gasteiger partial charge is 0.147 e. The van der Waals surface area contributed by atoms with Crippen molar-refractivity contribution in [2.24, 2.45) is 0 Å². The lowest BCUT2D eigenvalue weighted by atomic mass is 10.5. The van der Waals surface area contributed by atoms with Crippen molar-refractivity contribution in [3.8, 4) is 0 Å². The van der Waals surface area contributed by atoms with Crippen molar-refractivity contribution in [3.05, 3.63) is 12.4 Å². The van der Waals surface area contributed by atoms with E-state index in [0.29, 0.717) is 6.61 Å². The highest BCUT2D eigenvalue weighted by atomic mass is 16.5. The zero-order valence-corrected chi connectivity index (χ0v) is 9.99. The van der Waals surface area contributed by atoms with Crippen molar-refractivity contribution in [2.45, 2.75) is 20.3 Å². The molecule has 0 spiro atoms. The quantitative estimate of drug-likeness (QED) is 0.659. The van der Waals surface area contributed by atoms with Crippen molar-refractivity contribution < 1.29 is 4.74 Å². The number of hydrogen-bond donors (Lipinski definition) is 2. The van der Waals surface area contributed by atoms with E-state index in [1.54, 1.807) is 12.4 Å². The minimum Gasteiger partial charge on any atom is -0.380 e. The minimum absolute atomic E-state index is 0.685. The van der Waals surface area contributed by atoms with Crippen LogP contribution in [0, 0.1) is 0 Å². The molecular weight excluding hydrogens is 204 g/mol. The molecule has 0 saturated heterocycles. The second-order valence-electron chi connectivity index (χ2n) is 3.34. The molecule has 0 radical (unpaired) electrons. The summed E-state index contributed by atoms with van der Waals surface area (Å²) in [5, 5.41) is 6.35. The van der Waals surface area contributed by atoms with Crippen LogP contribution in [-0.2, 0) is 4.74 Å². The molecule has 0 aliphatic carbocycles. The SMILES string of the molecule is CCCNc1cncc(NCCOCC)n1. The van der Waals surface area contributed by atoms with Crippen LogP contribution in [-0.4, -0.2) is 36.3 Å². The highest BCUT2D eigenvalue weighted by Gasteiger charge is 1.96. The number of aromatic nitrogens is 2. The summed E-state index contributed by atoms with van der Waals surface area (Å²) in [4.78, 5) is 8.48. The Bertz CT molecular complexity index is 293. The molecule has 1 heterocycles. The molecule has 1 rings (SSSR count). The summed E-state index contributed by atoms with van der Waals surface area (Å²) >= 11 is 0. The Morgan fingerprint density at radius 3 is 2.44 bits per heavy atom. The Hall–Kier alpha value is -1.36. The van der Waals surface area contributed by atoms with Crippen molar-refractivity contribution in [1.82, 2.24) is 9.97 Å². The van der Waals surface area contributed by atoms with Gasteiger partial charge in [-0.3, -0.25) is 4.98 Å². The first-order chi connectivity index (χ1) is 7.86. The highest BCUT2D eigenvalue weighted by molar-refractivity contribution is 5.41. The number of anilines is 2. The van der Waals surface area contributed by atoms with Crippen LogP contribution < -0.4 is 10.6 Å². The van der Waals surface area contributed by atoms with Gasteiger partial charge in [0.2, 0.25) is 0 Å². The average Bonchev–Trinajstić information content (AvgIpc) is 2.33. The molecule has 1 aromatic heterocycles. The van der Waals surface area contributed by atoms with E-state index in [2.05, 4.69) is 27.5 Å². The van der Waals surface area contributed by atoms with E-state index in [4.69, 9.17) is 4.74 Å². The molecule has 0 bridgehead atoms. The van der Waals surface area contributed by atoms with Gasteiger partial charge in [0.25, 0.3) is 0 Å². The second-order valence-corrected chi connectivity index (χ2v) is 3.34. The molecule has 2 N–H and O–H groups in total. The fourth-order valence-electron chi connectivity index (χ4n) is 1.18. The van der Waals surface area contributed by atoms with Gasteiger partial charge < -0.3 is 15.4 Å². The van der Waals surface area contributed by atoms with Gasteiger partial charge in [-0.25, -0.2) is 4.98 Å². The zero-order chi connectivity index (χ0) is 11.6. The van der Waals surface area contributed by atoms with Crippen LogP contribution in [0.15, 0.2) is 12.4 Å². The molecule has 90 valence electrons. The van der Waals surface area contributed by atoms with Crippen LogP contribution in [0.1, 0.15) is 20.3 Å². The van der Waals surface area contributed by atoms with E-state index in [1.165, 1.54) is 0 Å². The van der Waals surface area contributed by atoms with Gasteiger partial charge in [0.15, 0.2) is 0 Å². The topological polar surface area (TPSA) is 59.1 Å². The third-order valence-electron chi connectivity index (χ3n) is 1.95. The molecule has 0 aromatic carbocycles. The second kappa shape index (κ2) is 7.87. The summed E-state index contributed by atoms with van der Waals surface area (Å²) in [5.41, 5.74) is 0. The molecule has 5 nitrogen and oxygen atoms in total. The standard InChI is InChI=1S/C11H20N4O/c1-3-5-13-10-8-12-9-11(15-10)14-6-7-16-4-2/h8-9H,3-7H2,1-2H3,(H2,13,14,15). The van der Waals surface area contributed by atoms with Gasteiger partial charge in [-0.15, -0.1) is 0 Å². The number of rotatable bonds is 8. The predicted molar refractivity (Wildman–Crippen MR) is 65.8 cm³/mol. The molecule has 0 atom stereocenters. The maximum absolute atomic E-state index is 5.22. The van der Waals surface area contributed by atoms with Gasteiger partial charge in [0.1, 0.15) is 11.6 Å². The molecule has 16 heavy (non-hydrogen) atoms. The lowest BCUT2D eigenvalue weighted by Crippen LogP contribution is -2.11. The Morgan fingerprint density at radius 2 is 1.81 bits per heavy atom. The zero-order valence-electron chi connectivity index (χ0n) is 9.99. The summed E-state index contributed by atoms with van der Waals surface area (Å²) in [6, 6.07) is 0. The van der Waals surface area contributed by atoms with Crippen molar-refractivity contribution in [3.63, 3.8) is 0 Å². The van der Waals surface area contributed by atoms with Crippen LogP contribution in [0.3, 0.4) is 0 Å². The fourth-order valence-corrected chi connectivity index (χ4v) is 1.18. The normalized spacial score (nSPS) is 10.1. The van der Waals surface area contributed by atoms with Crippen LogP contribution in [0.5, 0.6) is 0 Å². The first-order valence-electron chi connectivity index (χ1n) is 5.74. The summed E-state index contributed by atoms with van der Waals surface area (Å²) < 4.78 is 5.22. The highest BCUT2D eigenvalue weighted by Crippen LogP contribution is 2.05. The fraction of sp³-hybridized carbons (Fsp3) is 0.636. The largest absolute Gasteiger partial charge is 0.380 e. The van der Waals surface area contributed by atoms with Gasteiger partial charge in [-0.1, -0.05) is 6.92 Å². The van der Waals surface area contributed by atoms with Gasteiger partial charge >= 0.3 is 0 Å². The number of nitrogens with one attached hydrogen (secondary N) is 2. The lowest BCUT2D eigenvalue weighted by Gasteiger charge is -2.07. The Balaban J connectivity index is 2.35. The average molecular weight is 224 g/mol. The molecule has 5 heteroatoms. The van der Waals surface area contributed by atoms with E-state index in [1.807, 2.05) is 6.92 Å². The van der Waals surface area contributed by atoms with Crippen LogP contribution in [0.2, 0.25) is 0 Å². The van der Waals surface area contributed by atoms with Crippen LogP contribution >= 0.6 is 0 Å². The van der Waals surface area contributed by atoms with E-state index in [9.17, 15) is 0 Å². The Labute approximate surface area is 96.6 Å². The van der Waals surface area contributed by atoms with Crippen molar-refractivity contribution in [1.29, 1.82) is 0 Å². The van der Waals surface area contributed by atoms with Crippen LogP contribution in [0.4, 0.5) is 11.6 Å². The molecule has 1 aromatic rings. The van der Waals surface area contributed by atoms with Gasteiger partial charge in [0.05, 0.1) is 19.0 Å². The summed E-state index contributed by atoms with van der Waals surface area (Å²) in [5.74, 6) is 1.59. The first kappa shape index (κ1) is 12.7. The van der Waals surface area contributed by atoms with E-state index >= 15 is 0 Å². The number of ether oxygens (including phenoxy) is 1. The molecule has 0 aliphatic heterocycles. The van der Waals surface area contributed by atoms with Crippen LogP contribution in [0.25, 0.3) is 0 Å². The summed E-state index contributed by atoms with van der Waals surface area (Å²) in [7, 11) is 0. The van der Waals surface area contributed by atoms with Gasteiger partial charge in [0, 0.05) is 19.7 Å². The molecule has 0 unspecified atom stereocenters. The van der Waals surface area contributed by atoms with E-state index in [0.717, 1.165) is 37.8 Å². The predicted octanol–water partition coefficient (Wildman–Crippen LogP) is 1.75. The molecule has 0 amide bonds. The number of nitrogens with zero attached hydrogens (tertiary/aromatic N) is 2. The maximum atomic E-state index is 5.22.